The van der Waals surface area contributed by atoms with Crippen LogP contribution in [0.3, 0.4) is 0 Å². The van der Waals surface area contributed by atoms with E-state index in [1.54, 1.807) is 12.1 Å². The van der Waals surface area contributed by atoms with Gasteiger partial charge in [-0.25, -0.2) is 40.8 Å². The van der Waals surface area contributed by atoms with Crippen LogP contribution in [0.5, 0.6) is 0 Å². The van der Waals surface area contributed by atoms with Crippen molar-refractivity contribution in [2.45, 2.75) is 105 Å². The number of aromatic nitrogens is 27. The molecule has 786 valence electrons. The standard InChI is InChI=1S/C13H18ClN5.C12H16ClN5.3C11H14ClN5.2C10H12ClN5.C9H10ClN5.C8H8ClN5/c1-9(2)16-13-17-12(18-19-13)15-7-6-10-4-3-5-11(14)8-10;1-8(2)15-12-16-11(17-18-12)14-7-9-4-3-5-10(13)6-9;1-16(2)11-15-14-10(17(11)3)13-9-6-4-8(12)5-7-9;1-7(2)13-10-15-11(17-16-10)14-9-5-3-8(12)4-6-9;1-7(2)13-10-15-11(17-16-10)14-9-5-3-4-8(12)6-9;1-16(2)10-13-9(14-15-10)12-8-5-3-7(11)4-6-8;11-8-3-1-2-7(6-8)4-5-13-10-14-9(12)15-16-10;10-7-3-1-2-6(4-7)5-12-9-13-8(11)14-15-9;9-5-2-1-3-6(4-5)11-8-12-7(10)13-14-8/h3-5,8-9H,6-7H2,1-2H3,(H3,15,16,17,18,19);3-6,8H,7H2,1-2H3,(H3,14,15,16,17,18);4-7H,1-3H3,(H,13,14);2*3-7H,1-2H3,(H3,13,14,15,16,17);3-6H,1-2H3,(H2,12,13,14,15);1-3,6H,4-5H2,(H4,12,13,14,15,16);1-4H,5H2,(H4,11,12,13,14,15);1-4H,(H4,10,11,12,13,14). The molecule has 0 amide bonds. The highest BCUT2D eigenvalue weighted by atomic mass is 35.5. The minimum atomic E-state index is 0.273. The second kappa shape index (κ2) is 60.4. The van der Waals surface area contributed by atoms with E-state index < -0.39 is 0 Å². The first kappa shape index (κ1) is 115. The van der Waals surface area contributed by atoms with Crippen LogP contribution in [0.4, 0.5) is 136 Å². The summed E-state index contributed by atoms with van der Waals surface area (Å²) in [6.45, 7) is 19.0. The summed E-state index contributed by atoms with van der Waals surface area (Å²) in [7, 11) is 9.53. The highest BCUT2D eigenvalue weighted by Crippen LogP contribution is 2.27. The number of anilines is 23. The summed E-state index contributed by atoms with van der Waals surface area (Å²) in [4.78, 5) is 36.7. The predicted octanol–water partition coefficient (Wildman–Crippen LogP) is 21.5. The topological polar surface area (TPSA) is 604 Å². The Morgan fingerprint density at radius 3 is 0.953 bits per heavy atom. The van der Waals surface area contributed by atoms with Crippen LogP contribution < -0.4 is 96.1 Å². The van der Waals surface area contributed by atoms with E-state index in [-0.39, 0.29) is 5.95 Å². The van der Waals surface area contributed by atoms with E-state index in [0.717, 1.165) is 86.5 Å². The zero-order valence-corrected chi connectivity index (χ0v) is 90.2. The van der Waals surface area contributed by atoms with Gasteiger partial charge in [0.2, 0.25) is 107 Å². The van der Waals surface area contributed by atoms with Crippen molar-refractivity contribution in [1.82, 2.24) is 136 Å². The maximum Gasteiger partial charge on any atom is 0.248 e. The van der Waals surface area contributed by atoms with Crippen molar-refractivity contribution in [2.75, 3.05) is 137 Å². The molecule has 0 aliphatic rings. The third-order valence-electron chi connectivity index (χ3n) is 18.6. The van der Waals surface area contributed by atoms with Gasteiger partial charge in [-0.3, -0.25) is 4.57 Å². The summed E-state index contributed by atoms with van der Waals surface area (Å²) in [6, 6.07) is 69.0. The number of halogens is 9. The van der Waals surface area contributed by atoms with Crippen molar-refractivity contribution >= 4 is 240 Å². The molecule has 45 nitrogen and oxygen atoms in total. The first-order valence-electron chi connectivity index (χ1n) is 46.0. The molecule has 0 aliphatic heterocycles. The first-order valence-corrected chi connectivity index (χ1v) is 49.4. The predicted molar refractivity (Wildman–Crippen MR) is 608 cm³/mol. The van der Waals surface area contributed by atoms with Crippen LogP contribution >= 0.6 is 104 Å². The van der Waals surface area contributed by atoms with Crippen molar-refractivity contribution in [3.63, 3.8) is 0 Å². The number of H-pyrrole nitrogens is 8. The van der Waals surface area contributed by atoms with E-state index in [4.69, 9.17) is 122 Å². The van der Waals surface area contributed by atoms with Gasteiger partial charge >= 0.3 is 0 Å². The highest BCUT2D eigenvalue weighted by Gasteiger charge is 2.15. The summed E-state index contributed by atoms with van der Waals surface area (Å²) in [5.41, 5.74) is 25.1. The quantitative estimate of drug-likeness (QED) is 0.0178. The molecule has 0 aliphatic carbocycles. The van der Waals surface area contributed by atoms with Gasteiger partial charge in [0.15, 0.2) is 0 Å². The van der Waals surface area contributed by atoms with E-state index in [1.807, 2.05) is 291 Å². The zero-order valence-electron chi connectivity index (χ0n) is 83.4. The van der Waals surface area contributed by atoms with Crippen LogP contribution in [0.2, 0.25) is 45.2 Å². The Morgan fingerprint density at radius 2 is 0.591 bits per heavy atom. The lowest BCUT2D eigenvalue weighted by Crippen LogP contribution is -2.14. The molecule has 0 saturated heterocycles. The smallest absolute Gasteiger partial charge is 0.248 e. The number of nitrogen functional groups attached to an aromatic ring is 3. The SMILES string of the molecule is CC(C)Nc1n[nH]c(Nc2ccc(Cl)cc2)n1.CC(C)Nc1n[nH]c(Nc2cccc(Cl)c2)n1.CC(C)Nc1nc(NCCc2cccc(Cl)c2)n[nH]1.CC(C)Nc1nc(NCc2cccc(Cl)c2)n[nH]1.CN(C)c1n[nH]c(Nc2ccc(Cl)cc2)n1.CN(C)c1nnc(Nc2ccc(Cl)cc2)n1C.Nc1nc(NCCc2cccc(Cl)c2)n[nH]1.Nc1nc(NCc2cccc(Cl)c2)n[nH]1.Nc1nc(Nc2cccc(Cl)c2)n[nH]1. The Morgan fingerprint density at radius 1 is 0.282 bits per heavy atom. The molecule has 0 spiro atoms. The van der Waals surface area contributed by atoms with E-state index >= 15 is 0 Å². The van der Waals surface area contributed by atoms with Gasteiger partial charge in [0.25, 0.3) is 0 Å². The van der Waals surface area contributed by atoms with Gasteiger partial charge in [0, 0.05) is 159 Å². The largest absolute Gasteiger partial charge is 0.368 e. The van der Waals surface area contributed by atoms with E-state index in [2.05, 4.69) is 221 Å². The van der Waals surface area contributed by atoms with Crippen LogP contribution in [-0.2, 0) is 33.0 Å². The van der Waals surface area contributed by atoms with Crippen LogP contribution in [0, 0.1) is 0 Å². The van der Waals surface area contributed by atoms with Crippen LogP contribution in [0.25, 0.3) is 0 Å². The van der Waals surface area contributed by atoms with Gasteiger partial charge < -0.3 is 96.1 Å². The fourth-order valence-corrected chi connectivity index (χ4v) is 13.7. The second-order valence-corrected chi connectivity index (χ2v) is 37.2. The van der Waals surface area contributed by atoms with Crippen LogP contribution in [-0.4, -0.2) is 202 Å². The molecule has 9 aromatic heterocycles. The summed E-state index contributed by atoms with van der Waals surface area (Å²) >= 11 is 52.7. The number of nitrogens with zero attached hydrogens (tertiary/aromatic N) is 21. The number of aromatic amines is 8. The van der Waals surface area contributed by atoms with Crippen LogP contribution in [0.15, 0.2) is 218 Å². The van der Waals surface area contributed by atoms with Crippen molar-refractivity contribution in [1.29, 1.82) is 0 Å². The van der Waals surface area contributed by atoms with Gasteiger partial charge in [0.05, 0.1) is 0 Å². The molecule has 0 fully saturated rings. The Labute approximate surface area is 905 Å². The molecule has 18 rings (SSSR count). The molecular formula is C95H118Cl9N45. The molecule has 54 heteroatoms. The van der Waals surface area contributed by atoms with E-state index in [9.17, 15) is 0 Å². The third kappa shape index (κ3) is 44.2. The number of benzene rings is 9. The maximum atomic E-state index is 5.93. The monoisotopic (exact) mass is 2200 g/mol. The van der Waals surface area contributed by atoms with Gasteiger partial charge in [0.1, 0.15) is 0 Å². The Hall–Kier alpha value is -15.8. The summed E-state index contributed by atoms with van der Waals surface area (Å²) in [6.07, 6.45) is 1.73. The van der Waals surface area contributed by atoms with Crippen molar-refractivity contribution in [3.8, 4) is 0 Å². The van der Waals surface area contributed by atoms with E-state index in [1.165, 1.54) is 11.1 Å². The lowest BCUT2D eigenvalue weighted by Gasteiger charge is -2.11. The maximum absolute atomic E-state index is 5.93. The van der Waals surface area contributed by atoms with Gasteiger partial charge in [-0.15, -0.1) is 51.0 Å². The van der Waals surface area contributed by atoms with Gasteiger partial charge in [-0.05, 0) is 248 Å². The lowest BCUT2D eigenvalue weighted by molar-refractivity contribution is 0.873. The number of hydrogen-bond acceptors (Lipinski definition) is 36. The normalized spacial score (nSPS) is 10.4. The van der Waals surface area contributed by atoms with Gasteiger partial charge in [-0.2, -0.15) is 39.9 Å². The van der Waals surface area contributed by atoms with E-state index in [0.29, 0.717) is 163 Å². The summed E-state index contributed by atoms with van der Waals surface area (Å²) in [5, 5.41) is 108. The average molecular weight is 2210 g/mol. The number of rotatable bonds is 34. The number of hydrogen-bond donors (Lipinski definition) is 24. The second-order valence-electron chi connectivity index (χ2n) is 33.3. The summed E-state index contributed by atoms with van der Waals surface area (Å²) in [5.74, 6) is 9.86. The van der Waals surface area contributed by atoms with Crippen molar-refractivity contribution in [3.05, 3.63) is 286 Å². The molecule has 0 atom stereocenters. The zero-order chi connectivity index (χ0) is 107. The van der Waals surface area contributed by atoms with Crippen LogP contribution in [0.1, 0.15) is 77.6 Å². The van der Waals surface area contributed by atoms with Crippen molar-refractivity contribution in [2.24, 2.45) is 7.05 Å². The minimum absolute atomic E-state index is 0.273. The molecule has 149 heavy (non-hydrogen) atoms. The average Bonchev–Trinajstić information content (AvgIpc) is 1.70. The fourth-order valence-electron chi connectivity index (χ4n) is 12.1. The molecule has 18 aromatic rings. The third-order valence-corrected chi connectivity index (χ3v) is 20.8. The molecule has 0 bridgehead atoms. The number of nitrogens with two attached hydrogens (primary N) is 3. The molecule has 9 aromatic carbocycles. The Balaban J connectivity index is 0.000000172. The molecule has 27 N–H and O–H groups in total. The fraction of sp³-hybridized carbons (Fsp3) is 0.242. The van der Waals surface area contributed by atoms with Gasteiger partial charge in [-0.1, -0.05) is 165 Å². The molecule has 0 unspecified atom stereocenters. The molecule has 0 saturated carbocycles. The Bertz CT molecular complexity index is 6910. The minimum Gasteiger partial charge on any atom is -0.368 e. The van der Waals surface area contributed by atoms with Crippen molar-refractivity contribution < 1.29 is 0 Å². The molecule has 0 radical (unpaired) electrons. The molecule has 9 heterocycles. The molecular weight excluding hydrogens is 2090 g/mol. The number of nitrogens with one attached hydrogen (secondary N) is 21. The Kier molecular flexibility index (Phi) is 46.7. The summed E-state index contributed by atoms with van der Waals surface area (Å²) < 4.78 is 1.88. The highest BCUT2D eigenvalue weighted by molar-refractivity contribution is 6.33. The lowest BCUT2D eigenvalue weighted by atomic mass is 10.1. The first-order chi connectivity index (χ1) is 71.5.